The smallest absolute Gasteiger partial charge is 0.0813 e. The zero-order chi connectivity index (χ0) is 35.3. The fraction of sp³-hybridized carbons (Fsp3) is 0.375. The molecule has 9 rings (SSSR count). The molecule has 5 aromatic carbocycles. The lowest BCUT2D eigenvalue weighted by atomic mass is 9.76. The topological polar surface area (TPSA) is 36.9 Å². The lowest BCUT2D eigenvalue weighted by molar-refractivity contribution is 0.0543. The summed E-state index contributed by atoms with van der Waals surface area (Å²) in [4.78, 5) is 0. The van der Waals surface area contributed by atoms with E-state index in [0.29, 0.717) is 39.6 Å². The first-order valence-electron chi connectivity index (χ1n) is 19.7. The standard InChI is InChI=1S/C48H50O4/c1-5-7-19-35-39-25-49-27-41(39)47-37-21-34-24-52-30(4)44-46(32-17-13-10-14-18-32)36(20-8-6-2)40-26-50-28-42(40)48(44)38(34)22-33(37)23-51-29(3)43(47)45(35)31-15-11-9-12-16-31/h9-18,21-22,29-30H,5-8,19-20,23-28H2,1-4H3/t29-,30-/m0/s1. The van der Waals surface area contributed by atoms with Crippen molar-refractivity contribution in [2.45, 2.75) is 118 Å². The van der Waals surface area contributed by atoms with Crippen LogP contribution in [0.2, 0.25) is 0 Å². The molecular weight excluding hydrogens is 641 g/mol. The van der Waals surface area contributed by atoms with Crippen molar-refractivity contribution < 1.29 is 18.9 Å². The van der Waals surface area contributed by atoms with E-state index in [1.54, 1.807) is 0 Å². The number of benzene rings is 5. The first-order valence-corrected chi connectivity index (χ1v) is 19.7. The molecular formula is C48H50O4. The minimum atomic E-state index is -0.0734. The number of hydrogen-bond acceptors (Lipinski definition) is 4. The molecule has 4 aliphatic heterocycles. The van der Waals surface area contributed by atoms with E-state index in [1.807, 2.05) is 0 Å². The maximum atomic E-state index is 6.92. The molecule has 4 aliphatic rings. The fourth-order valence-electron chi connectivity index (χ4n) is 9.59. The molecule has 266 valence electrons. The van der Waals surface area contributed by atoms with Crippen LogP contribution in [0, 0.1) is 0 Å². The van der Waals surface area contributed by atoms with Crippen LogP contribution in [-0.2, 0) is 71.4 Å². The van der Waals surface area contributed by atoms with Crippen molar-refractivity contribution in [1.82, 2.24) is 0 Å². The van der Waals surface area contributed by atoms with Gasteiger partial charge in [0.2, 0.25) is 0 Å². The fourth-order valence-corrected chi connectivity index (χ4v) is 9.59. The molecule has 0 aromatic heterocycles. The molecule has 0 bridgehead atoms. The normalized spacial score (nSPS) is 18.5. The second-order valence-electron chi connectivity index (χ2n) is 15.2. The van der Waals surface area contributed by atoms with Gasteiger partial charge in [-0.15, -0.1) is 0 Å². The summed E-state index contributed by atoms with van der Waals surface area (Å²) >= 11 is 0. The second-order valence-corrected chi connectivity index (χ2v) is 15.2. The maximum absolute atomic E-state index is 6.92. The van der Waals surface area contributed by atoms with E-state index in [1.165, 1.54) is 100 Å². The van der Waals surface area contributed by atoms with Gasteiger partial charge in [-0.1, -0.05) is 87.4 Å². The van der Waals surface area contributed by atoms with Crippen molar-refractivity contribution >= 4 is 0 Å². The zero-order valence-corrected chi connectivity index (χ0v) is 31.2. The summed E-state index contributed by atoms with van der Waals surface area (Å²) < 4.78 is 26.5. The Kier molecular flexibility index (Phi) is 9.13. The van der Waals surface area contributed by atoms with Gasteiger partial charge >= 0.3 is 0 Å². The monoisotopic (exact) mass is 690 g/mol. The van der Waals surface area contributed by atoms with Crippen molar-refractivity contribution in [2.24, 2.45) is 0 Å². The highest BCUT2D eigenvalue weighted by Crippen LogP contribution is 2.54. The van der Waals surface area contributed by atoms with Gasteiger partial charge in [0, 0.05) is 0 Å². The third-order valence-electron chi connectivity index (χ3n) is 12.1. The molecule has 4 heteroatoms. The summed E-state index contributed by atoms with van der Waals surface area (Å²) in [6.45, 7) is 12.8. The van der Waals surface area contributed by atoms with Crippen LogP contribution in [0.4, 0.5) is 0 Å². The van der Waals surface area contributed by atoms with Crippen LogP contribution in [0.25, 0.3) is 44.5 Å². The van der Waals surface area contributed by atoms with Crippen LogP contribution in [0.3, 0.4) is 0 Å². The molecule has 0 fully saturated rings. The van der Waals surface area contributed by atoms with Crippen molar-refractivity contribution in [1.29, 1.82) is 0 Å². The van der Waals surface area contributed by atoms with Crippen LogP contribution < -0.4 is 0 Å². The molecule has 4 heterocycles. The molecule has 52 heavy (non-hydrogen) atoms. The third-order valence-corrected chi connectivity index (χ3v) is 12.1. The summed E-state index contributed by atoms with van der Waals surface area (Å²) in [7, 11) is 0. The summed E-state index contributed by atoms with van der Waals surface area (Å²) in [6, 6.07) is 26.9. The summed E-state index contributed by atoms with van der Waals surface area (Å²) in [5, 5.41) is 0. The lowest BCUT2D eigenvalue weighted by Crippen LogP contribution is -2.09. The molecule has 0 radical (unpaired) electrons. The van der Waals surface area contributed by atoms with Crippen molar-refractivity contribution in [3.63, 3.8) is 0 Å². The van der Waals surface area contributed by atoms with Crippen LogP contribution in [0.5, 0.6) is 0 Å². The Morgan fingerprint density at radius 1 is 0.500 bits per heavy atom. The molecule has 4 nitrogen and oxygen atoms in total. The molecule has 2 atom stereocenters. The van der Waals surface area contributed by atoms with Crippen molar-refractivity contribution in [2.75, 3.05) is 0 Å². The van der Waals surface area contributed by atoms with Gasteiger partial charge in [0.15, 0.2) is 0 Å². The first kappa shape index (κ1) is 33.8. The number of fused-ring (bicyclic) bond motifs is 10. The van der Waals surface area contributed by atoms with Gasteiger partial charge in [0.05, 0.1) is 51.8 Å². The molecule has 5 aromatic rings. The predicted molar refractivity (Wildman–Crippen MR) is 209 cm³/mol. The highest BCUT2D eigenvalue weighted by molar-refractivity contribution is 5.92. The summed E-state index contributed by atoms with van der Waals surface area (Å²) in [5.74, 6) is 0. The predicted octanol–water partition coefficient (Wildman–Crippen LogP) is 12.3. The number of unbranched alkanes of at least 4 members (excludes halogenated alkanes) is 2. The molecule has 0 unspecified atom stereocenters. The Morgan fingerprint density at radius 2 is 0.904 bits per heavy atom. The third kappa shape index (κ3) is 5.50. The Balaban J connectivity index is 1.33. The van der Waals surface area contributed by atoms with Gasteiger partial charge in [-0.3, -0.25) is 0 Å². The van der Waals surface area contributed by atoms with Gasteiger partial charge in [0.25, 0.3) is 0 Å². The Morgan fingerprint density at radius 3 is 1.31 bits per heavy atom. The van der Waals surface area contributed by atoms with Crippen LogP contribution in [0.1, 0.15) is 121 Å². The highest BCUT2D eigenvalue weighted by Gasteiger charge is 2.37. The molecule has 0 N–H and O–H groups in total. The average Bonchev–Trinajstić information content (AvgIpc) is 3.82. The van der Waals surface area contributed by atoms with Gasteiger partial charge < -0.3 is 18.9 Å². The Bertz CT molecular complexity index is 1990. The quantitative estimate of drug-likeness (QED) is 0.162. The largest absolute Gasteiger partial charge is 0.372 e. The molecule has 0 saturated carbocycles. The minimum Gasteiger partial charge on any atom is -0.372 e. The van der Waals surface area contributed by atoms with Gasteiger partial charge in [-0.05, 0) is 152 Å². The van der Waals surface area contributed by atoms with E-state index >= 15 is 0 Å². The minimum absolute atomic E-state index is 0.0734. The van der Waals surface area contributed by atoms with Crippen LogP contribution in [0.15, 0.2) is 72.8 Å². The lowest BCUT2D eigenvalue weighted by Gasteiger charge is -2.26. The summed E-state index contributed by atoms with van der Waals surface area (Å²) in [5.41, 5.74) is 23.9. The number of hydrogen-bond donors (Lipinski definition) is 0. The summed E-state index contributed by atoms with van der Waals surface area (Å²) in [6.07, 6.45) is 6.56. The molecule has 0 amide bonds. The van der Waals surface area contributed by atoms with Crippen molar-refractivity contribution in [3.8, 4) is 44.5 Å². The number of rotatable bonds is 8. The highest BCUT2D eigenvalue weighted by atomic mass is 16.5. The van der Waals surface area contributed by atoms with E-state index in [0.717, 1.165) is 38.5 Å². The zero-order valence-electron chi connectivity index (χ0n) is 31.2. The van der Waals surface area contributed by atoms with E-state index < -0.39 is 0 Å². The average molecular weight is 691 g/mol. The van der Waals surface area contributed by atoms with Crippen LogP contribution >= 0.6 is 0 Å². The second kappa shape index (κ2) is 14.1. The van der Waals surface area contributed by atoms with Gasteiger partial charge in [-0.2, -0.15) is 0 Å². The van der Waals surface area contributed by atoms with Gasteiger partial charge in [-0.25, -0.2) is 0 Å². The van der Waals surface area contributed by atoms with Crippen LogP contribution in [-0.4, -0.2) is 0 Å². The first-order chi connectivity index (χ1) is 25.6. The van der Waals surface area contributed by atoms with Gasteiger partial charge in [0.1, 0.15) is 0 Å². The molecule has 0 saturated heterocycles. The molecule has 0 spiro atoms. The van der Waals surface area contributed by atoms with E-state index in [9.17, 15) is 0 Å². The Labute approximate surface area is 309 Å². The maximum Gasteiger partial charge on any atom is 0.0813 e. The Hall–Kier alpha value is -4.06. The SMILES string of the molecule is CCCCc1c2c(c3c(c1-c1ccccc1)[C@H](C)OCc1cc4c(cc1-3)CO[C@@H](C)c1c(-c3ccccc3)c(CCCC)c3c(c1-4)COC3)COC2. The number of ether oxygens (including phenoxy) is 4. The van der Waals surface area contributed by atoms with E-state index in [2.05, 4.69) is 100 Å². The van der Waals surface area contributed by atoms with E-state index in [-0.39, 0.29) is 12.2 Å². The van der Waals surface area contributed by atoms with Crippen molar-refractivity contribution in [3.05, 3.63) is 128 Å². The van der Waals surface area contributed by atoms with E-state index in [4.69, 9.17) is 18.9 Å². The molecule has 0 aliphatic carbocycles.